The Morgan fingerprint density at radius 3 is 2.83 bits per heavy atom. The number of carbonyl (C=O) groups is 1. The van der Waals surface area contributed by atoms with E-state index in [4.69, 9.17) is 5.11 Å². The zero-order chi connectivity index (χ0) is 13.5. The average Bonchev–Trinajstić information content (AvgIpc) is 2.32. The second-order valence-corrected chi connectivity index (χ2v) is 4.42. The van der Waals surface area contributed by atoms with Crippen LogP contribution in [-0.2, 0) is 0 Å². The first-order valence-electron chi connectivity index (χ1n) is 5.94. The van der Waals surface area contributed by atoms with Gasteiger partial charge in [-0.3, -0.25) is 0 Å². The predicted molar refractivity (Wildman–Crippen MR) is 69.0 cm³/mol. The highest BCUT2D eigenvalue weighted by Gasteiger charge is 2.06. The molecule has 0 aliphatic rings. The molecule has 1 unspecified atom stereocenters. The molecule has 0 aliphatic carbocycles. The molecule has 1 aromatic carbocycles. The number of aliphatic hydroxyl groups excluding tert-OH is 1. The van der Waals surface area contributed by atoms with Crippen LogP contribution < -0.4 is 10.6 Å². The van der Waals surface area contributed by atoms with Crippen molar-refractivity contribution < 1.29 is 14.3 Å². The lowest BCUT2D eigenvalue weighted by Crippen LogP contribution is -2.32. The minimum atomic E-state index is -0.328. The van der Waals surface area contributed by atoms with Crippen molar-refractivity contribution in [2.45, 2.75) is 20.3 Å². The normalized spacial score (nSPS) is 12.0. The van der Waals surface area contributed by atoms with Crippen molar-refractivity contribution >= 4 is 11.7 Å². The van der Waals surface area contributed by atoms with Crippen molar-refractivity contribution in [2.24, 2.45) is 5.92 Å². The molecule has 18 heavy (non-hydrogen) atoms. The summed E-state index contributed by atoms with van der Waals surface area (Å²) in [6.45, 7) is 4.19. The molecule has 0 fully saturated rings. The number of rotatable bonds is 5. The fourth-order valence-corrected chi connectivity index (χ4v) is 1.49. The van der Waals surface area contributed by atoms with Gasteiger partial charge in [-0.1, -0.05) is 6.92 Å². The van der Waals surface area contributed by atoms with Crippen LogP contribution in [0.5, 0.6) is 0 Å². The van der Waals surface area contributed by atoms with E-state index in [1.165, 1.54) is 12.1 Å². The third-order valence-electron chi connectivity index (χ3n) is 2.65. The number of aryl methyl sites for hydroxylation is 1. The molecule has 2 amide bonds. The quantitative estimate of drug-likeness (QED) is 0.755. The SMILES string of the molecule is Cc1cc(NC(=O)NCC(C)CCO)ccc1F. The lowest BCUT2D eigenvalue weighted by molar-refractivity contribution is 0.243. The number of amides is 2. The van der Waals surface area contributed by atoms with Crippen molar-refractivity contribution in [3.8, 4) is 0 Å². The van der Waals surface area contributed by atoms with Gasteiger partial charge in [0.15, 0.2) is 0 Å². The zero-order valence-corrected chi connectivity index (χ0v) is 10.7. The molecule has 0 saturated heterocycles. The van der Waals surface area contributed by atoms with Crippen LogP contribution in [0.2, 0.25) is 0 Å². The monoisotopic (exact) mass is 254 g/mol. The Labute approximate surface area is 106 Å². The molecule has 0 bridgehead atoms. The number of hydrogen-bond donors (Lipinski definition) is 3. The molecule has 0 spiro atoms. The summed E-state index contributed by atoms with van der Waals surface area (Å²) >= 11 is 0. The molecular formula is C13H19FN2O2. The fraction of sp³-hybridized carbons (Fsp3) is 0.462. The van der Waals surface area contributed by atoms with Crippen LogP contribution in [0.4, 0.5) is 14.9 Å². The molecular weight excluding hydrogens is 235 g/mol. The van der Waals surface area contributed by atoms with Crippen molar-refractivity contribution in [1.29, 1.82) is 0 Å². The summed E-state index contributed by atoms with van der Waals surface area (Å²) in [5.74, 6) is -0.0757. The Bertz CT molecular complexity index is 410. The summed E-state index contributed by atoms with van der Waals surface area (Å²) in [6.07, 6.45) is 0.649. The van der Waals surface area contributed by atoms with Crippen LogP contribution >= 0.6 is 0 Å². The molecule has 3 N–H and O–H groups in total. The Morgan fingerprint density at radius 1 is 1.50 bits per heavy atom. The molecule has 1 aromatic rings. The van der Waals surface area contributed by atoms with E-state index < -0.39 is 0 Å². The molecule has 0 saturated carbocycles. The van der Waals surface area contributed by atoms with Gasteiger partial charge in [0.05, 0.1) is 0 Å². The molecule has 4 nitrogen and oxygen atoms in total. The summed E-state index contributed by atoms with van der Waals surface area (Å²) in [7, 11) is 0. The lowest BCUT2D eigenvalue weighted by Gasteiger charge is -2.12. The molecule has 0 aromatic heterocycles. The summed E-state index contributed by atoms with van der Waals surface area (Å²) in [6, 6.07) is 4.08. The largest absolute Gasteiger partial charge is 0.396 e. The maximum absolute atomic E-state index is 13.0. The Kier molecular flexibility index (Phi) is 5.58. The smallest absolute Gasteiger partial charge is 0.319 e. The highest BCUT2D eigenvalue weighted by molar-refractivity contribution is 5.89. The minimum Gasteiger partial charge on any atom is -0.396 e. The van der Waals surface area contributed by atoms with E-state index in [9.17, 15) is 9.18 Å². The van der Waals surface area contributed by atoms with E-state index in [-0.39, 0.29) is 24.4 Å². The van der Waals surface area contributed by atoms with Gasteiger partial charge in [-0.25, -0.2) is 9.18 Å². The van der Waals surface area contributed by atoms with Gasteiger partial charge in [0.1, 0.15) is 5.82 Å². The minimum absolute atomic E-state index is 0.113. The topological polar surface area (TPSA) is 61.4 Å². The highest BCUT2D eigenvalue weighted by Crippen LogP contribution is 2.13. The standard InChI is InChI=1S/C13H19FN2O2/c1-9(5-6-17)8-15-13(18)16-11-3-4-12(14)10(2)7-11/h3-4,7,9,17H,5-6,8H2,1-2H3,(H2,15,16,18). The van der Waals surface area contributed by atoms with Crippen LogP contribution in [0.25, 0.3) is 0 Å². The van der Waals surface area contributed by atoms with Crippen molar-refractivity contribution in [1.82, 2.24) is 5.32 Å². The van der Waals surface area contributed by atoms with Gasteiger partial charge in [0.25, 0.3) is 0 Å². The molecule has 1 rings (SSSR count). The van der Waals surface area contributed by atoms with Gasteiger partial charge >= 0.3 is 6.03 Å². The maximum Gasteiger partial charge on any atom is 0.319 e. The number of anilines is 1. The first-order chi connectivity index (χ1) is 8.52. The summed E-state index contributed by atoms with van der Waals surface area (Å²) < 4.78 is 13.0. The Morgan fingerprint density at radius 2 is 2.22 bits per heavy atom. The van der Waals surface area contributed by atoms with Crippen LogP contribution in [-0.4, -0.2) is 24.3 Å². The van der Waals surface area contributed by atoms with Crippen LogP contribution in [0.1, 0.15) is 18.9 Å². The first kappa shape index (κ1) is 14.4. The number of urea groups is 1. The first-order valence-corrected chi connectivity index (χ1v) is 5.94. The molecule has 1 atom stereocenters. The third kappa shape index (κ3) is 4.71. The zero-order valence-electron chi connectivity index (χ0n) is 10.7. The Balaban J connectivity index is 2.42. The number of benzene rings is 1. The molecule has 0 heterocycles. The highest BCUT2D eigenvalue weighted by atomic mass is 19.1. The summed E-state index contributed by atoms with van der Waals surface area (Å²) in [5.41, 5.74) is 1.04. The van der Waals surface area contributed by atoms with Gasteiger partial charge in [0, 0.05) is 18.8 Å². The van der Waals surface area contributed by atoms with E-state index >= 15 is 0 Å². The van der Waals surface area contributed by atoms with Gasteiger partial charge in [-0.2, -0.15) is 0 Å². The van der Waals surface area contributed by atoms with Crippen LogP contribution in [0.3, 0.4) is 0 Å². The van der Waals surface area contributed by atoms with E-state index in [0.29, 0.717) is 24.2 Å². The molecule has 100 valence electrons. The van der Waals surface area contributed by atoms with Crippen molar-refractivity contribution in [2.75, 3.05) is 18.5 Å². The van der Waals surface area contributed by atoms with Gasteiger partial charge < -0.3 is 15.7 Å². The van der Waals surface area contributed by atoms with Crippen LogP contribution in [0, 0.1) is 18.7 Å². The van der Waals surface area contributed by atoms with Gasteiger partial charge in [-0.15, -0.1) is 0 Å². The van der Waals surface area contributed by atoms with E-state index in [1.54, 1.807) is 13.0 Å². The molecule has 5 heteroatoms. The fourth-order valence-electron chi connectivity index (χ4n) is 1.49. The predicted octanol–water partition coefficient (Wildman–Crippen LogP) is 2.27. The van der Waals surface area contributed by atoms with E-state index in [2.05, 4.69) is 10.6 Å². The number of aliphatic hydroxyl groups is 1. The van der Waals surface area contributed by atoms with E-state index in [0.717, 1.165) is 0 Å². The summed E-state index contributed by atoms with van der Waals surface area (Å²) in [4.78, 5) is 11.5. The van der Waals surface area contributed by atoms with E-state index in [1.807, 2.05) is 6.92 Å². The van der Waals surface area contributed by atoms with Crippen LogP contribution in [0.15, 0.2) is 18.2 Å². The summed E-state index contributed by atoms with van der Waals surface area (Å²) in [5, 5.41) is 14.1. The molecule has 0 radical (unpaired) electrons. The third-order valence-corrected chi connectivity index (χ3v) is 2.65. The Hall–Kier alpha value is -1.62. The number of halogens is 1. The second-order valence-electron chi connectivity index (χ2n) is 4.42. The number of nitrogens with one attached hydrogen (secondary N) is 2. The second kappa shape index (κ2) is 6.96. The van der Waals surface area contributed by atoms with Crippen molar-refractivity contribution in [3.05, 3.63) is 29.6 Å². The van der Waals surface area contributed by atoms with Crippen molar-refractivity contribution in [3.63, 3.8) is 0 Å². The maximum atomic E-state index is 13.0. The molecule has 0 aliphatic heterocycles. The average molecular weight is 254 g/mol. The number of hydrogen-bond acceptors (Lipinski definition) is 2. The lowest BCUT2D eigenvalue weighted by atomic mass is 10.1. The van der Waals surface area contributed by atoms with Gasteiger partial charge in [-0.05, 0) is 43.0 Å². The van der Waals surface area contributed by atoms with Gasteiger partial charge in [0.2, 0.25) is 0 Å². The number of carbonyl (C=O) groups excluding carboxylic acids is 1.